The van der Waals surface area contributed by atoms with E-state index < -0.39 is 0 Å². The van der Waals surface area contributed by atoms with Crippen molar-refractivity contribution in [3.8, 4) is 33.2 Å². The number of benzene rings is 1. The number of ether oxygens (including phenoxy) is 2. The molecule has 0 bridgehead atoms. The highest BCUT2D eigenvalue weighted by Gasteiger charge is 2.31. The molecule has 0 radical (unpaired) electrons. The van der Waals surface area contributed by atoms with Crippen LogP contribution >= 0.6 is 11.3 Å². The van der Waals surface area contributed by atoms with Gasteiger partial charge < -0.3 is 14.0 Å². The fraction of sp³-hybridized carbons (Fsp3) is 0.423. The highest BCUT2D eigenvalue weighted by Crippen LogP contribution is 2.45. The fourth-order valence-electron chi connectivity index (χ4n) is 4.93. The van der Waals surface area contributed by atoms with Crippen LogP contribution in [-0.2, 0) is 13.0 Å². The number of aryl methyl sites for hydroxylation is 1. The van der Waals surface area contributed by atoms with Gasteiger partial charge in [-0.05, 0) is 68.3 Å². The Balaban J connectivity index is 1.66. The van der Waals surface area contributed by atoms with Crippen LogP contribution < -0.4 is 9.47 Å². The monoisotopic (exact) mass is 465 g/mol. The maximum Gasteiger partial charge on any atom is 0.284 e. The first-order valence-corrected chi connectivity index (χ1v) is 12.5. The smallest absolute Gasteiger partial charge is 0.284 e. The molecular weight excluding hydrogens is 434 g/mol. The maximum atomic E-state index is 13.6. The topological polar surface area (TPSA) is 46.9 Å². The van der Waals surface area contributed by atoms with Gasteiger partial charge in [-0.25, -0.2) is 5.01 Å². The van der Waals surface area contributed by atoms with E-state index in [0.29, 0.717) is 0 Å². The molecule has 3 aromatic rings. The maximum absolute atomic E-state index is 13.6. The standard InChI is InChI=1S/C26H31N3O3S/c1-17(2)32-23-16-19-18(14-22(23)31-4)9-12-29-21(26(30)27(3)28-10-5-6-11-28)15-20(25(19)29)24-8-7-13-33-24/h7-8,13-17H,5-6,9-12H2,1-4H3. The van der Waals surface area contributed by atoms with Crippen molar-refractivity contribution in [1.29, 1.82) is 0 Å². The van der Waals surface area contributed by atoms with Crippen molar-refractivity contribution in [3.63, 3.8) is 0 Å². The second kappa shape index (κ2) is 8.88. The Morgan fingerprint density at radius 2 is 1.88 bits per heavy atom. The number of methoxy groups -OCH3 is 1. The van der Waals surface area contributed by atoms with Crippen molar-refractivity contribution in [2.45, 2.75) is 45.8 Å². The highest BCUT2D eigenvalue weighted by molar-refractivity contribution is 7.13. The van der Waals surface area contributed by atoms with Crippen molar-refractivity contribution in [2.24, 2.45) is 0 Å². The summed E-state index contributed by atoms with van der Waals surface area (Å²) < 4.78 is 13.9. The first-order chi connectivity index (χ1) is 16.0. The van der Waals surface area contributed by atoms with Gasteiger partial charge >= 0.3 is 0 Å². The molecule has 0 spiro atoms. The van der Waals surface area contributed by atoms with Crippen LogP contribution in [0.25, 0.3) is 21.7 Å². The molecule has 2 aliphatic heterocycles. The van der Waals surface area contributed by atoms with E-state index in [2.05, 4.69) is 45.3 Å². The lowest BCUT2D eigenvalue weighted by molar-refractivity contribution is 0.0189. The molecule has 0 N–H and O–H groups in total. The number of hydrogen-bond donors (Lipinski definition) is 0. The number of hydrogen-bond acceptors (Lipinski definition) is 5. The third-order valence-electron chi connectivity index (χ3n) is 6.52. The summed E-state index contributed by atoms with van der Waals surface area (Å²) in [5.74, 6) is 1.54. The number of carbonyl (C=O) groups is 1. The van der Waals surface area contributed by atoms with Crippen LogP contribution in [0, 0.1) is 0 Å². The number of aromatic nitrogens is 1. The molecule has 0 saturated carbocycles. The molecular formula is C26H31N3O3S. The van der Waals surface area contributed by atoms with E-state index in [1.165, 1.54) is 5.56 Å². The number of fused-ring (bicyclic) bond motifs is 3. The zero-order valence-electron chi connectivity index (χ0n) is 19.8. The van der Waals surface area contributed by atoms with Gasteiger partial charge in [0.15, 0.2) is 11.5 Å². The largest absolute Gasteiger partial charge is 0.493 e. The summed E-state index contributed by atoms with van der Waals surface area (Å²) in [6.07, 6.45) is 3.15. The van der Waals surface area contributed by atoms with Crippen LogP contribution in [0.15, 0.2) is 35.7 Å². The second-order valence-corrected chi connectivity index (χ2v) is 9.93. The van der Waals surface area contributed by atoms with Crippen molar-refractivity contribution >= 4 is 17.2 Å². The Morgan fingerprint density at radius 3 is 2.55 bits per heavy atom. The summed E-state index contributed by atoms with van der Waals surface area (Å²) in [4.78, 5) is 14.8. The Kier molecular flexibility index (Phi) is 5.93. The van der Waals surface area contributed by atoms with Crippen LogP contribution in [0.5, 0.6) is 11.5 Å². The molecule has 4 heterocycles. The number of amides is 1. The lowest BCUT2D eigenvalue weighted by Crippen LogP contribution is -2.42. The molecule has 0 unspecified atom stereocenters. The molecule has 6 nitrogen and oxygen atoms in total. The van der Waals surface area contributed by atoms with E-state index >= 15 is 0 Å². The van der Waals surface area contributed by atoms with Gasteiger partial charge in [-0.15, -0.1) is 11.3 Å². The number of rotatable bonds is 6. The molecule has 33 heavy (non-hydrogen) atoms. The molecule has 0 atom stereocenters. The van der Waals surface area contributed by atoms with Gasteiger partial charge in [0, 0.05) is 42.7 Å². The minimum Gasteiger partial charge on any atom is -0.493 e. The van der Waals surface area contributed by atoms with Gasteiger partial charge in [0.1, 0.15) is 5.69 Å². The van der Waals surface area contributed by atoms with Crippen molar-refractivity contribution in [2.75, 3.05) is 27.2 Å². The molecule has 1 aromatic carbocycles. The van der Waals surface area contributed by atoms with E-state index in [9.17, 15) is 4.79 Å². The lowest BCUT2D eigenvalue weighted by atomic mass is 9.95. The van der Waals surface area contributed by atoms with E-state index in [4.69, 9.17) is 9.47 Å². The van der Waals surface area contributed by atoms with Crippen molar-refractivity contribution in [3.05, 3.63) is 47.0 Å². The summed E-state index contributed by atoms with van der Waals surface area (Å²) in [5.41, 5.74) is 5.27. The fourth-order valence-corrected chi connectivity index (χ4v) is 5.67. The van der Waals surface area contributed by atoms with Gasteiger partial charge in [-0.3, -0.25) is 9.80 Å². The zero-order valence-corrected chi connectivity index (χ0v) is 20.6. The number of thiophene rings is 1. The summed E-state index contributed by atoms with van der Waals surface area (Å²) in [6, 6.07) is 10.5. The Labute approximate surface area is 199 Å². The predicted octanol–water partition coefficient (Wildman–Crippen LogP) is 5.32. The van der Waals surface area contributed by atoms with Crippen molar-refractivity contribution < 1.29 is 14.3 Å². The van der Waals surface area contributed by atoms with Crippen LogP contribution in [-0.4, -0.2) is 53.8 Å². The summed E-state index contributed by atoms with van der Waals surface area (Å²) in [5, 5.41) is 6.05. The first kappa shape index (κ1) is 22.0. The summed E-state index contributed by atoms with van der Waals surface area (Å²) >= 11 is 1.70. The first-order valence-electron chi connectivity index (χ1n) is 11.7. The molecule has 1 amide bonds. The van der Waals surface area contributed by atoms with Gasteiger partial charge in [0.2, 0.25) is 0 Å². The van der Waals surface area contributed by atoms with Gasteiger partial charge in [0.05, 0.1) is 18.9 Å². The lowest BCUT2D eigenvalue weighted by Gasteiger charge is -2.29. The van der Waals surface area contributed by atoms with Crippen molar-refractivity contribution in [1.82, 2.24) is 14.6 Å². The minimum atomic E-state index is 0.0374. The quantitative estimate of drug-likeness (QED) is 0.494. The third-order valence-corrected chi connectivity index (χ3v) is 7.42. The molecule has 0 aliphatic carbocycles. The molecule has 2 aromatic heterocycles. The molecule has 1 fully saturated rings. The summed E-state index contributed by atoms with van der Waals surface area (Å²) in [6.45, 7) is 6.67. The average molecular weight is 466 g/mol. The van der Waals surface area contributed by atoms with E-state index in [0.717, 1.165) is 77.8 Å². The van der Waals surface area contributed by atoms with Crippen LogP contribution in [0.4, 0.5) is 0 Å². The molecule has 1 saturated heterocycles. The third kappa shape index (κ3) is 3.93. The van der Waals surface area contributed by atoms with Gasteiger partial charge in [0.25, 0.3) is 5.91 Å². The highest BCUT2D eigenvalue weighted by atomic mass is 32.1. The molecule has 174 valence electrons. The average Bonchev–Trinajstić information content (AvgIpc) is 3.57. The Hall–Kier alpha value is -2.77. The predicted molar refractivity (Wildman–Crippen MR) is 132 cm³/mol. The molecule has 5 rings (SSSR count). The zero-order chi connectivity index (χ0) is 23.1. The normalized spacial score (nSPS) is 15.4. The van der Waals surface area contributed by atoms with E-state index in [1.807, 2.05) is 25.9 Å². The van der Waals surface area contributed by atoms with Crippen LogP contribution in [0.2, 0.25) is 0 Å². The van der Waals surface area contributed by atoms with Gasteiger partial charge in [-0.2, -0.15) is 0 Å². The summed E-state index contributed by atoms with van der Waals surface area (Å²) in [7, 11) is 3.58. The van der Waals surface area contributed by atoms with E-state index in [-0.39, 0.29) is 12.0 Å². The Bertz CT molecular complexity index is 1160. The molecule has 2 aliphatic rings. The number of carbonyl (C=O) groups excluding carboxylic acids is 1. The van der Waals surface area contributed by atoms with Crippen LogP contribution in [0.3, 0.4) is 0 Å². The SMILES string of the molecule is COc1cc2c(cc1OC(C)C)-c1c(-c3cccs3)cc(C(=O)N(C)N3CCCC3)n1CC2. The second-order valence-electron chi connectivity index (χ2n) is 8.99. The minimum absolute atomic E-state index is 0.0374. The molecule has 7 heteroatoms. The van der Waals surface area contributed by atoms with Gasteiger partial charge in [-0.1, -0.05) is 6.07 Å². The number of nitrogens with zero attached hydrogens (tertiary/aromatic N) is 3. The Morgan fingerprint density at radius 1 is 1.09 bits per heavy atom. The van der Waals surface area contributed by atoms with E-state index in [1.54, 1.807) is 18.4 Å². The van der Waals surface area contributed by atoms with Crippen LogP contribution in [0.1, 0.15) is 42.7 Å². The number of hydrazine groups is 1.